The Labute approximate surface area is 133 Å². The molecule has 4 N–H and O–H groups in total. The van der Waals surface area contributed by atoms with Crippen molar-refractivity contribution in [3.8, 4) is 5.69 Å². The summed E-state index contributed by atoms with van der Waals surface area (Å²) in [4.78, 5) is 23.3. The zero-order chi connectivity index (χ0) is 16.4. The summed E-state index contributed by atoms with van der Waals surface area (Å²) in [5, 5.41) is 13.6. The van der Waals surface area contributed by atoms with E-state index in [9.17, 15) is 9.59 Å². The fraction of sp³-hybridized carbons (Fsp3) is 0.333. The molecule has 0 spiro atoms. The second kappa shape index (κ2) is 6.17. The first-order valence-electron chi connectivity index (χ1n) is 7.42. The van der Waals surface area contributed by atoms with Gasteiger partial charge in [-0.2, -0.15) is 0 Å². The number of anilines is 1. The average molecular weight is 314 g/mol. The largest absolute Gasteiger partial charge is 0.348 e. The lowest BCUT2D eigenvalue weighted by molar-refractivity contribution is -0.114. The number of carbonyl (C=O) groups excluding carboxylic acids is 2. The lowest BCUT2D eigenvalue weighted by Gasteiger charge is -2.07. The van der Waals surface area contributed by atoms with E-state index < -0.39 is 0 Å². The maximum atomic E-state index is 12.1. The van der Waals surface area contributed by atoms with Gasteiger partial charge in [-0.1, -0.05) is 5.21 Å². The molecule has 1 fully saturated rings. The Hall–Kier alpha value is -2.74. The second-order valence-electron chi connectivity index (χ2n) is 5.48. The molecule has 0 bridgehead atoms. The van der Waals surface area contributed by atoms with Gasteiger partial charge in [0.15, 0.2) is 5.69 Å². The highest BCUT2D eigenvalue weighted by atomic mass is 16.2. The molecule has 0 atom stereocenters. The van der Waals surface area contributed by atoms with Gasteiger partial charge in [-0.25, -0.2) is 4.68 Å². The van der Waals surface area contributed by atoms with Crippen LogP contribution in [0.2, 0.25) is 0 Å². The summed E-state index contributed by atoms with van der Waals surface area (Å²) in [5.74, 6) is -0.447. The van der Waals surface area contributed by atoms with Crippen LogP contribution in [0.5, 0.6) is 0 Å². The molecule has 1 heterocycles. The number of benzene rings is 1. The van der Waals surface area contributed by atoms with Gasteiger partial charge in [0.25, 0.3) is 5.91 Å². The molecule has 0 aliphatic heterocycles. The van der Waals surface area contributed by atoms with E-state index in [0.29, 0.717) is 17.1 Å². The average Bonchev–Trinajstić information content (AvgIpc) is 3.28. The molecule has 23 heavy (non-hydrogen) atoms. The van der Waals surface area contributed by atoms with Gasteiger partial charge in [0.1, 0.15) is 0 Å². The number of hydrogen-bond donors (Lipinski definition) is 3. The van der Waals surface area contributed by atoms with E-state index in [1.165, 1.54) is 0 Å². The number of nitrogens with zero attached hydrogens (tertiary/aromatic N) is 3. The van der Waals surface area contributed by atoms with Gasteiger partial charge in [0.2, 0.25) is 5.91 Å². The number of rotatable bonds is 5. The summed E-state index contributed by atoms with van der Waals surface area (Å²) >= 11 is 0. The van der Waals surface area contributed by atoms with Gasteiger partial charge in [0.05, 0.1) is 17.9 Å². The van der Waals surface area contributed by atoms with Crippen LogP contribution in [0.3, 0.4) is 0 Å². The van der Waals surface area contributed by atoms with Crippen LogP contribution in [-0.4, -0.2) is 39.4 Å². The molecule has 1 aromatic carbocycles. The Morgan fingerprint density at radius 3 is 2.61 bits per heavy atom. The van der Waals surface area contributed by atoms with Crippen molar-refractivity contribution >= 4 is 17.5 Å². The van der Waals surface area contributed by atoms with Gasteiger partial charge >= 0.3 is 0 Å². The van der Waals surface area contributed by atoms with E-state index in [1.54, 1.807) is 35.9 Å². The Kier molecular flexibility index (Phi) is 4.07. The van der Waals surface area contributed by atoms with E-state index >= 15 is 0 Å². The molecule has 0 unspecified atom stereocenters. The SMILES string of the molecule is Cc1c(C(=O)NC2CC2)nnn1-c1ccc(NC(=O)CN)cc1. The summed E-state index contributed by atoms with van der Waals surface area (Å²) in [6, 6.07) is 7.34. The maximum absolute atomic E-state index is 12.1. The number of nitrogens with two attached hydrogens (primary N) is 1. The minimum atomic E-state index is -0.256. The molecular weight excluding hydrogens is 296 g/mol. The number of hydrogen-bond acceptors (Lipinski definition) is 5. The van der Waals surface area contributed by atoms with E-state index in [-0.39, 0.29) is 24.4 Å². The minimum absolute atomic E-state index is 0.0661. The summed E-state index contributed by atoms with van der Waals surface area (Å²) in [6.45, 7) is 1.73. The molecule has 1 aromatic heterocycles. The van der Waals surface area contributed by atoms with Crippen LogP contribution in [0, 0.1) is 6.92 Å². The molecule has 1 aliphatic carbocycles. The van der Waals surface area contributed by atoms with Crippen molar-refractivity contribution in [3.63, 3.8) is 0 Å². The second-order valence-corrected chi connectivity index (χ2v) is 5.48. The number of carbonyl (C=O) groups is 2. The van der Waals surface area contributed by atoms with Gasteiger partial charge in [-0.05, 0) is 44.0 Å². The topological polar surface area (TPSA) is 115 Å². The van der Waals surface area contributed by atoms with Crippen molar-refractivity contribution in [2.45, 2.75) is 25.8 Å². The molecular formula is C15H18N6O2. The summed E-state index contributed by atoms with van der Waals surface area (Å²) in [6.07, 6.45) is 2.05. The lowest BCUT2D eigenvalue weighted by atomic mass is 10.2. The van der Waals surface area contributed by atoms with E-state index in [1.807, 2.05) is 0 Å². The lowest BCUT2D eigenvalue weighted by Crippen LogP contribution is -2.26. The van der Waals surface area contributed by atoms with Crippen molar-refractivity contribution in [2.24, 2.45) is 5.73 Å². The van der Waals surface area contributed by atoms with Crippen LogP contribution in [0.4, 0.5) is 5.69 Å². The van der Waals surface area contributed by atoms with Crippen LogP contribution >= 0.6 is 0 Å². The van der Waals surface area contributed by atoms with Crippen LogP contribution < -0.4 is 16.4 Å². The predicted octanol–water partition coefficient (Wildman–Crippen LogP) is 0.365. The van der Waals surface area contributed by atoms with Crippen molar-refractivity contribution in [2.75, 3.05) is 11.9 Å². The number of aromatic nitrogens is 3. The highest BCUT2D eigenvalue weighted by Gasteiger charge is 2.26. The molecule has 120 valence electrons. The molecule has 3 rings (SSSR count). The van der Waals surface area contributed by atoms with Crippen molar-refractivity contribution < 1.29 is 9.59 Å². The van der Waals surface area contributed by atoms with Crippen LogP contribution in [0.1, 0.15) is 29.0 Å². The Morgan fingerprint density at radius 2 is 2.00 bits per heavy atom. The summed E-state index contributed by atoms with van der Waals surface area (Å²) in [7, 11) is 0. The molecule has 0 saturated heterocycles. The highest BCUT2D eigenvalue weighted by molar-refractivity contribution is 5.94. The molecule has 1 aliphatic rings. The van der Waals surface area contributed by atoms with Crippen molar-refractivity contribution in [3.05, 3.63) is 35.7 Å². The van der Waals surface area contributed by atoms with Crippen LogP contribution in [-0.2, 0) is 4.79 Å². The van der Waals surface area contributed by atoms with E-state index in [4.69, 9.17) is 5.73 Å². The first kappa shape index (κ1) is 15.2. The summed E-state index contributed by atoms with van der Waals surface area (Å²) < 4.78 is 1.59. The molecule has 2 amide bonds. The standard InChI is InChI=1S/C15H18N6O2/c1-9-14(15(23)18-11-2-3-11)19-20-21(9)12-6-4-10(5-7-12)17-13(22)8-16/h4-7,11H,2-3,8,16H2,1H3,(H,17,22)(H,18,23). The first-order valence-corrected chi connectivity index (χ1v) is 7.42. The Morgan fingerprint density at radius 1 is 1.30 bits per heavy atom. The van der Waals surface area contributed by atoms with Gasteiger partial charge in [-0.3, -0.25) is 9.59 Å². The van der Waals surface area contributed by atoms with Gasteiger partial charge in [0, 0.05) is 11.7 Å². The molecule has 2 aromatic rings. The van der Waals surface area contributed by atoms with Crippen LogP contribution in [0.15, 0.2) is 24.3 Å². The zero-order valence-corrected chi connectivity index (χ0v) is 12.7. The minimum Gasteiger partial charge on any atom is -0.348 e. The monoisotopic (exact) mass is 314 g/mol. The highest BCUT2D eigenvalue weighted by Crippen LogP contribution is 2.20. The molecule has 8 heteroatoms. The summed E-state index contributed by atoms with van der Waals surface area (Å²) in [5.41, 5.74) is 7.66. The van der Waals surface area contributed by atoms with Gasteiger partial charge < -0.3 is 16.4 Å². The quantitative estimate of drug-likeness (QED) is 0.737. The normalized spacial score (nSPS) is 13.7. The predicted molar refractivity (Wildman–Crippen MR) is 84.3 cm³/mol. The number of amides is 2. The van der Waals surface area contributed by atoms with Gasteiger partial charge in [-0.15, -0.1) is 5.10 Å². The van der Waals surface area contributed by atoms with Crippen LogP contribution in [0.25, 0.3) is 5.69 Å². The Bertz CT molecular complexity index is 733. The zero-order valence-electron chi connectivity index (χ0n) is 12.7. The third kappa shape index (κ3) is 3.37. The van der Waals surface area contributed by atoms with Crippen molar-refractivity contribution in [1.29, 1.82) is 0 Å². The first-order chi connectivity index (χ1) is 11.1. The number of nitrogens with one attached hydrogen (secondary N) is 2. The molecule has 8 nitrogen and oxygen atoms in total. The smallest absolute Gasteiger partial charge is 0.273 e. The fourth-order valence-corrected chi connectivity index (χ4v) is 2.16. The fourth-order valence-electron chi connectivity index (χ4n) is 2.16. The molecule has 1 saturated carbocycles. The Balaban J connectivity index is 1.77. The molecule has 0 radical (unpaired) electrons. The third-order valence-electron chi connectivity index (χ3n) is 3.60. The van der Waals surface area contributed by atoms with E-state index in [0.717, 1.165) is 18.5 Å². The van der Waals surface area contributed by atoms with Crippen molar-refractivity contribution in [1.82, 2.24) is 20.3 Å². The third-order valence-corrected chi connectivity index (χ3v) is 3.60. The maximum Gasteiger partial charge on any atom is 0.273 e. The van der Waals surface area contributed by atoms with E-state index in [2.05, 4.69) is 20.9 Å².